The van der Waals surface area contributed by atoms with Crippen molar-refractivity contribution in [3.05, 3.63) is 57.6 Å². The summed E-state index contributed by atoms with van der Waals surface area (Å²) in [7, 11) is 0. The molecule has 1 aromatic heterocycles. The summed E-state index contributed by atoms with van der Waals surface area (Å²) in [4.78, 5) is 52.0. The molecular weight excluding hydrogens is 372 g/mol. The number of rotatable bonds is 6. The van der Waals surface area contributed by atoms with Gasteiger partial charge in [-0.05, 0) is 38.3 Å². The molecule has 1 aliphatic heterocycles. The SMILES string of the molecule is C=CCn1c(=O)c(=O)n(CC(=O)NC(C)C(=O)N2CCCCC2)c2ccccc21. The van der Waals surface area contributed by atoms with Crippen molar-refractivity contribution in [1.29, 1.82) is 0 Å². The summed E-state index contributed by atoms with van der Waals surface area (Å²) in [5.41, 5.74) is -0.476. The summed E-state index contributed by atoms with van der Waals surface area (Å²) in [6, 6.07) is 6.21. The fourth-order valence-corrected chi connectivity index (χ4v) is 3.72. The summed E-state index contributed by atoms with van der Waals surface area (Å²) in [5.74, 6) is -0.618. The van der Waals surface area contributed by atoms with E-state index in [1.807, 2.05) is 0 Å². The van der Waals surface area contributed by atoms with Crippen LogP contribution in [0.15, 0.2) is 46.5 Å². The Balaban J connectivity index is 1.83. The molecule has 0 aliphatic carbocycles. The van der Waals surface area contributed by atoms with Gasteiger partial charge in [0.1, 0.15) is 12.6 Å². The van der Waals surface area contributed by atoms with Gasteiger partial charge in [0.25, 0.3) is 0 Å². The van der Waals surface area contributed by atoms with Crippen molar-refractivity contribution in [2.75, 3.05) is 13.1 Å². The van der Waals surface area contributed by atoms with Crippen LogP contribution in [0.5, 0.6) is 0 Å². The number of carbonyl (C=O) groups is 2. The number of carbonyl (C=O) groups excluding carboxylic acids is 2. The van der Waals surface area contributed by atoms with E-state index in [9.17, 15) is 19.2 Å². The molecule has 154 valence electrons. The number of fused-ring (bicyclic) bond motifs is 1. The second-order valence-electron chi connectivity index (χ2n) is 7.26. The minimum Gasteiger partial charge on any atom is -0.343 e. The maximum Gasteiger partial charge on any atom is 0.317 e. The van der Waals surface area contributed by atoms with E-state index >= 15 is 0 Å². The Kier molecular flexibility index (Phi) is 6.31. The van der Waals surface area contributed by atoms with Crippen molar-refractivity contribution >= 4 is 22.8 Å². The zero-order valence-corrected chi connectivity index (χ0v) is 16.6. The molecule has 1 saturated heterocycles. The first-order valence-electron chi connectivity index (χ1n) is 9.85. The van der Waals surface area contributed by atoms with Gasteiger partial charge in [0.15, 0.2) is 0 Å². The van der Waals surface area contributed by atoms with E-state index in [2.05, 4.69) is 11.9 Å². The first-order chi connectivity index (χ1) is 13.9. The summed E-state index contributed by atoms with van der Waals surface area (Å²) in [6.07, 6.45) is 4.58. The highest BCUT2D eigenvalue weighted by Gasteiger charge is 2.24. The largest absolute Gasteiger partial charge is 0.343 e. The number of hydrogen-bond donors (Lipinski definition) is 1. The number of allylic oxidation sites excluding steroid dienone is 1. The molecule has 0 radical (unpaired) electrons. The van der Waals surface area contributed by atoms with Crippen molar-refractivity contribution in [3.63, 3.8) is 0 Å². The van der Waals surface area contributed by atoms with Crippen LogP contribution in [-0.4, -0.2) is 45.0 Å². The highest BCUT2D eigenvalue weighted by Crippen LogP contribution is 2.11. The zero-order chi connectivity index (χ0) is 21.0. The second-order valence-corrected chi connectivity index (χ2v) is 7.26. The van der Waals surface area contributed by atoms with Crippen LogP contribution in [0.3, 0.4) is 0 Å². The Morgan fingerprint density at radius 1 is 1.07 bits per heavy atom. The number of para-hydroxylation sites is 2. The lowest BCUT2D eigenvalue weighted by Gasteiger charge is -2.29. The molecule has 1 fully saturated rings. The van der Waals surface area contributed by atoms with Gasteiger partial charge in [-0.2, -0.15) is 0 Å². The van der Waals surface area contributed by atoms with Gasteiger partial charge in [-0.1, -0.05) is 18.2 Å². The van der Waals surface area contributed by atoms with Crippen LogP contribution < -0.4 is 16.4 Å². The first kappa shape index (κ1) is 20.6. The Morgan fingerprint density at radius 2 is 1.66 bits per heavy atom. The second kappa shape index (κ2) is 8.89. The summed E-state index contributed by atoms with van der Waals surface area (Å²) in [6.45, 7) is 6.52. The molecule has 1 N–H and O–H groups in total. The molecule has 2 aromatic rings. The van der Waals surface area contributed by atoms with E-state index in [-0.39, 0.29) is 19.0 Å². The van der Waals surface area contributed by atoms with Crippen molar-refractivity contribution in [3.8, 4) is 0 Å². The van der Waals surface area contributed by atoms with E-state index in [0.29, 0.717) is 24.1 Å². The lowest BCUT2D eigenvalue weighted by atomic mass is 10.1. The number of benzene rings is 1. The normalized spacial score (nSPS) is 15.1. The van der Waals surface area contributed by atoms with E-state index in [0.717, 1.165) is 23.8 Å². The molecule has 0 bridgehead atoms. The van der Waals surface area contributed by atoms with Crippen molar-refractivity contribution < 1.29 is 9.59 Å². The van der Waals surface area contributed by atoms with Gasteiger partial charge in [0, 0.05) is 19.6 Å². The average Bonchev–Trinajstić information content (AvgIpc) is 2.74. The summed E-state index contributed by atoms with van der Waals surface area (Å²) in [5, 5.41) is 2.66. The standard InChI is InChI=1S/C21H26N4O4/c1-3-11-24-16-9-5-6-10-17(16)25(21(29)20(24)28)14-18(26)22-15(2)19(27)23-12-7-4-8-13-23/h3,5-6,9-10,15H,1,4,7-8,11-14H2,2H3,(H,22,26). The Hall–Kier alpha value is -3.16. The smallest absolute Gasteiger partial charge is 0.317 e. The predicted octanol–water partition coefficient (Wildman–Crippen LogP) is 0.866. The topological polar surface area (TPSA) is 93.4 Å². The minimum absolute atomic E-state index is 0.128. The summed E-state index contributed by atoms with van der Waals surface area (Å²) >= 11 is 0. The third-order valence-electron chi connectivity index (χ3n) is 5.17. The molecule has 1 aromatic carbocycles. The van der Waals surface area contributed by atoms with Crippen LogP contribution in [0.2, 0.25) is 0 Å². The monoisotopic (exact) mass is 398 g/mol. The molecule has 0 saturated carbocycles. The van der Waals surface area contributed by atoms with E-state index < -0.39 is 23.1 Å². The first-order valence-corrected chi connectivity index (χ1v) is 9.85. The van der Waals surface area contributed by atoms with E-state index in [1.54, 1.807) is 36.1 Å². The quantitative estimate of drug-likeness (QED) is 0.577. The van der Waals surface area contributed by atoms with Gasteiger partial charge in [-0.25, -0.2) is 0 Å². The molecule has 2 amide bonds. The maximum absolute atomic E-state index is 12.6. The van der Waals surface area contributed by atoms with Crippen LogP contribution in [0, 0.1) is 0 Å². The minimum atomic E-state index is -0.782. The van der Waals surface area contributed by atoms with Crippen molar-refractivity contribution in [1.82, 2.24) is 19.4 Å². The average molecular weight is 398 g/mol. The molecule has 1 unspecified atom stereocenters. The third kappa shape index (κ3) is 4.31. The Bertz CT molecular complexity index is 1050. The number of nitrogens with one attached hydrogen (secondary N) is 1. The number of hydrogen-bond acceptors (Lipinski definition) is 4. The molecule has 1 atom stereocenters. The zero-order valence-electron chi connectivity index (χ0n) is 16.6. The number of aromatic nitrogens is 2. The van der Waals surface area contributed by atoms with Crippen LogP contribution >= 0.6 is 0 Å². The van der Waals surface area contributed by atoms with Crippen molar-refractivity contribution in [2.45, 2.75) is 45.3 Å². The number of nitrogens with zero attached hydrogens (tertiary/aromatic N) is 3. The lowest BCUT2D eigenvalue weighted by molar-refractivity contribution is -0.136. The highest BCUT2D eigenvalue weighted by atomic mass is 16.2. The molecule has 8 nitrogen and oxygen atoms in total. The molecule has 1 aliphatic rings. The molecule has 29 heavy (non-hydrogen) atoms. The fraction of sp³-hybridized carbons (Fsp3) is 0.429. The van der Waals surface area contributed by atoms with Gasteiger partial charge >= 0.3 is 11.1 Å². The van der Waals surface area contributed by atoms with Gasteiger partial charge in [0.2, 0.25) is 11.8 Å². The highest BCUT2D eigenvalue weighted by molar-refractivity contribution is 5.88. The number of piperidine rings is 1. The van der Waals surface area contributed by atoms with Crippen LogP contribution in [-0.2, 0) is 22.7 Å². The molecule has 0 spiro atoms. The molecular formula is C21H26N4O4. The van der Waals surface area contributed by atoms with Crippen LogP contribution in [0.1, 0.15) is 26.2 Å². The van der Waals surface area contributed by atoms with Gasteiger partial charge < -0.3 is 10.2 Å². The van der Waals surface area contributed by atoms with Gasteiger partial charge in [-0.3, -0.25) is 28.3 Å². The van der Waals surface area contributed by atoms with Gasteiger partial charge in [-0.15, -0.1) is 6.58 Å². The van der Waals surface area contributed by atoms with E-state index in [4.69, 9.17) is 0 Å². The molecule has 8 heteroatoms. The fourth-order valence-electron chi connectivity index (χ4n) is 3.72. The third-order valence-corrected chi connectivity index (χ3v) is 5.17. The van der Waals surface area contributed by atoms with Crippen molar-refractivity contribution in [2.24, 2.45) is 0 Å². The van der Waals surface area contributed by atoms with Crippen LogP contribution in [0.25, 0.3) is 11.0 Å². The predicted molar refractivity (Wildman–Crippen MR) is 111 cm³/mol. The molecule has 3 rings (SSSR count). The summed E-state index contributed by atoms with van der Waals surface area (Å²) < 4.78 is 2.49. The Morgan fingerprint density at radius 3 is 2.28 bits per heavy atom. The molecule has 2 heterocycles. The number of likely N-dealkylation sites (tertiary alicyclic amines) is 1. The number of amides is 2. The maximum atomic E-state index is 12.6. The van der Waals surface area contributed by atoms with E-state index in [1.165, 1.54) is 10.6 Å². The lowest BCUT2D eigenvalue weighted by Crippen LogP contribution is -2.50. The van der Waals surface area contributed by atoms with Crippen LogP contribution in [0.4, 0.5) is 0 Å². The Labute approximate surface area is 168 Å². The van der Waals surface area contributed by atoms with Gasteiger partial charge in [0.05, 0.1) is 11.0 Å².